The number of carbonyl (C=O) groups excluding carboxylic acids is 1. The molecule has 0 aromatic carbocycles. The number of hydrogen-bond donors (Lipinski definition) is 2. The van der Waals surface area contributed by atoms with Gasteiger partial charge >= 0.3 is 0 Å². The van der Waals surface area contributed by atoms with E-state index in [1.165, 1.54) is 6.20 Å². The summed E-state index contributed by atoms with van der Waals surface area (Å²) in [6.45, 7) is 0.769. The number of halogens is 1. The Morgan fingerprint density at radius 1 is 1.65 bits per heavy atom. The van der Waals surface area contributed by atoms with E-state index in [4.69, 9.17) is 4.74 Å². The van der Waals surface area contributed by atoms with Crippen molar-refractivity contribution in [2.24, 2.45) is 0 Å². The minimum absolute atomic E-state index is 0.0857. The third-order valence-electron chi connectivity index (χ3n) is 2.63. The van der Waals surface area contributed by atoms with Gasteiger partial charge in [0.05, 0.1) is 18.4 Å². The van der Waals surface area contributed by atoms with Crippen LogP contribution in [0.25, 0.3) is 0 Å². The van der Waals surface area contributed by atoms with Crippen LogP contribution in [0.1, 0.15) is 16.8 Å². The fourth-order valence-electron chi connectivity index (χ4n) is 1.62. The van der Waals surface area contributed by atoms with E-state index in [0.29, 0.717) is 13.0 Å². The molecule has 1 fully saturated rings. The predicted molar refractivity (Wildman–Crippen MR) is 56.9 cm³/mol. The average molecular weight is 240 g/mol. The van der Waals surface area contributed by atoms with Crippen molar-refractivity contribution in [1.82, 2.24) is 10.3 Å². The van der Waals surface area contributed by atoms with E-state index in [2.05, 4.69) is 10.3 Å². The number of rotatable bonds is 3. The van der Waals surface area contributed by atoms with Crippen LogP contribution in [-0.2, 0) is 4.74 Å². The van der Waals surface area contributed by atoms with Crippen LogP contribution in [0.5, 0.6) is 0 Å². The fraction of sp³-hybridized carbons (Fsp3) is 0.455. The highest BCUT2D eigenvalue weighted by Crippen LogP contribution is 2.17. The van der Waals surface area contributed by atoms with Gasteiger partial charge in [0.15, 0.2) is 0 Å². The highest BCUT2D eigenvalue weighted by atomic mass is 19.1. The number of aromatic nitrogens is 1. The van der Waals surface area contributed by atoms with Crippen LogP contribution in [0.3, 0.4) is 0 Å². The van der Waals surface area contributed by atoms with Crippen LogP contribution in [-0.4, -0.2) is 41.4 Å². The molecule has 1 amide bonds. The highest BCUT2D eigenvalue weighted by Gasteiger charge is 2.32. The Balaban J connectivity index is 1.93. The number of nitrogens with zero attached hydrogens (tertiary/aromatic N) is 1. The molecule has 5 nitrogen and oxygen atoms in total. The number of ether oxygens (including phenoxy) is 1. The van der Waals surface area contributed by atoms with Crippen molar-refractivity contribution in [3.05, 3.63) is 29.8 Å². The van der Waals surface area contributed by atoms with Gasteiger partial charge in [-0.15, -0.1) is 0 Å². The van der Waals surface area contributed by atoms with Crippen molar-refractivity contribution in [3.8, 4) is 0 Å². The Morgan fingerprint density at radius 2 is 2.47 bits per heavy atom. The number of aliphatic hydroxyl groups is 1. The van der Waals surface area contributed by atoms with Crippen LogP contribution in [0.4, 0.5) is 4.39 Å². The van der Waals surface area contributed by atoms with E-state index < -0.39 is 17.3 Å². The first-order valence-corrected chi connectivity index (χ1v) is 5.28. The maximum absolute atomic E-state index is 12.8. The maximum Gasteiger partial charge on any atom is 0.253 e. The van der Waals surface area contributed by atoms with Crippen LogP contribution < -0.4 is 5.32 Å². The third kappa shape index (κ3) is 2.98. The highest BCUT2D eigenvalue weighted by molar-refractivity contribution is 5.93. The SMILES string of the molecule is O=C(NCC1(O)CCOC1)c1cncc(F)c1. The van der Waals surface area contributed by atoms with Crippen molar-refractivity contribution in [3.63, 3.8) is 0 Å². The van der Waals surface area contributed by atoms with Crippen LogP contribution in [0.15, 0.2) is 18.5 Å². The number of nitrogens with one attached hydrogen (secondary N) is 1. The molecule has 0 aliphatic carbocycles. The van der Waals surface area contributed by atoms with E-state index in [0.717, 1.165) is 12.3 Å². The topological polar surface area (TPSA) is 71.5 Å². The van der Waals surface area contributed by atoms with Crippen molar-refractivity contribution in [1.29, 1.82) is 0 Å². The molecule has 2 heterocycles. The van der Waals surface area contributed by atoms with Gasteiger partial charge in [0.1, 0.15) is 11.4 Å². The third-order valence-corrected chi connectivity index (χ3v) is 2.63. The van der Waals surface area contributed by atoms with Crippen LogP contribution in [0.2, 0.25) is 0 Å². The molecule has 0 spiro atoms. The zero-order chi connectivity index (χ0) is 12.3. The quantitative estimate of drug-likeness (QED) is 0.786. The normalized spacial score (nSPS) is 23.6. The summed E-state index contributed by atoms with van der Waals surface area (Å²) in [5, 5.41) is 12.4. The first-order chi connectivity index (χ1) is 8.09. The molecule has 2 rings (SSSR count). The van der Waals surface area contributed by atoms with Crippen molar-refractivity contribution >= 4 is 5.91 Å². The summed E-state index contributed by atoms with van der Waals surface area (Å²) < 4.78 is 17.9. The molecule has 0 bridgehead atoms. The van der Waals surface area contributed by atoms with E-state index in [1.807, 2.05) is 0 Å². The Hall–Kier alpha value is -1.53. The van der Waals surface area contributed by atoms with E-state index in [1.54, 1.807) is 0 Å². The molecular formula is C11H13FN2O3. The van der Waals surface area contributed by atoms with Gasteiger partial charge in [0, 0.05) is 25.8 Å². The van der Waals surface area contributed by atoms with Gasteiger partial charge in [0.25, 0.3) is 5.91 Å². The summed E-state index contributed by atoms with van der Waals surface area (Å²) >= 11 is 0. The lowest BCUT2D eigenvalue weighted by molar-refractivity contribution is 0.0264. The Morgan fingerprint density at radius 3 is 3.12 bits per heavy atom. The zero-order valence-corrected chi connectivity index (χ0v) is 9.15. The summed E-state index contributed by atoms with van der Waals surface area (Å²) in [6.07, 6.45) is 2.78. The average Bonchev–Trinajstić information content (AvgIpc) is 2.74. The molecule has 17 heavy (non-hydrogen) atoms. The molecule has 1 aliphatic heterocycles. The Labute approximate surface area is 97.6 Å². The summed E-state index contributed by atoms with van der Waals surface area (Å²) in [5.74, 6) is -1.03. The van der Waals surface area contributed by atoms with Gasteiger partial charge in [-0.05, 0) is 6.07 Å². The van der Waals surface area contributed by atoms with Gasteiger partial charge in [0.2, 0.25) is 0 Å². The number of pyridine rings is 1. The van der Waals surface area contributed by atoms with Gasteiger partial charge < -0.3 is 15.2 Å². The Bertz CT molecular complexity index is 419. The molecule has 2 N–H and O–H groups in total. The van der Waals surface area contributed by atoms with Gasteiger partial charge in [-0.3, -0.25) is 9.78 Å². The van der Waals surface area contributed by atoms with E-state index in [-0.39, 0.29) is 18.7 Å². The Kier molecular flexibility index (Phi) is 3.35. The second-order valence-electron chi connectivity index (χ2n) is 4.10. The molecule has 1 aromatic heterocycles. The first kappa shape index (κ1) is 11.9. The molecule has 92 valence electrons. The van der Waals surface area contributed by atoms with Crippen LogP contribution in [0, 0.1) is 5.82 Å². The summed E-state index contributed by atoms with van der Waals surface area (Å²) in [7, 11) is 0. The molecule has 1 unspecified atom stereocenters. The molecule has 1 aromatic rings. The van der Waals surface area contributed by atoms with Crippen molar-refractivity contribution < 1.29 is 19.0 Å². The minimum atomic E-state index is -1.02. The van der Waals surface area contributed by atoms with E-state index >= 15 is 0 Å². The molecular weight excluding hydrogens is 227 g/mol. The molecule has 6 heteroatoms. The van der Waals surface area contributed by atoms with Gasteiger partial charge in [-0.25, -0.2) is 4.39 Å². The number of carbonyl (C=O) groups is 1. The molecule has 0 radical (unpaired) electrons. The lowest BCUT2D eigenvalue weighted by Gasteiger charge is -2.20. The standard InChI is InChI=1S/C11H13FN2O3/c12-9-3-8(4-13-5-9)10(15)14-6-11(16)1-2-17-7-11/h3-5,16H,1-2,6-7H2,(H,14,15). The maximum atomic E-state index is 12.8. The van der Waals surface area contributed by atoms with E-state index in [9.17, 15) is 14.3 Å². The second kappa shape index (κ2) is 4.77. The van der Waals surface area contributed by atoms with Gasteiger partial charge in [-0.2, -0.15) is 0 Å². The first-order valence-electron chi connectivity index (χ1n) is 5.28. The molecule has 0 saturated carbocycles. The smallest absolute Gasteiger partial charge is 0.253 e. The second-order valence-corrected chi connectivity index (χ2v) is 4.10. The lowest BCUT2D eigenvalue weighted by Crippen LogP contribution is -2.43. The largest absolute Gasteiger partial charge is 0.386 e. The summed E-state index contributed by atoms with van der Waals surface area (Å²) in [6, 6.07) is 1.09. The van der Waals surface area contributed by atoms with Crippen molar-refractivity contribution in [2.75, 3.05) is 19.8 Å². The monoisotopic (exact) mass is 240 g/mol. The minimum Gasteiger partial charge on any atom is -0.386 e. The van der Waals surface area contributed by atoms with Crippen molar-refractivity contribution in [2.45, 2.75) is 12.0 Å². The number of hydrogen-bond acceptors (Lipinski definition) is 4. The molecule has 1 saturated heterocycles. The predicted octanol–water partition coefficient (Wildman–Crippen LogP) is 0.102. The molecule has 1 aliphatic rings. The number of amides is 1. The molecule has 1 atom stereocenters. The van der Waals surface area contributed by atoms with Crippen LogP contribution >= 0.6 is 0 Å². The summed E-state index contributed by atoms with van der Waals surface area (Å²) in [5.41, 5.74) is -0.885. The summed E-state index contributed by atoms with van der Waals surface area (Å²) in [4.78, 5) is 15.2. The lowest BCUT2D eigenvalue weighted by atomic mass is 10.0. The zero-order valence-electron chi connectivity index (χ0n) is 9.15. The fourth-order valence-corrected chi connectivity index (χ4v) is 1.62. The van der Waals surface area contributed by atoms with Gasteiger partial charge in [-0.1, -0.05) is 0 Å².